The van der Waals surface area contributed by atoms with Crippen LogP contribution in [0.25, 0.3) is 0 Å². The lowest BCUT2D eigenvalue weighted by Crippen LogP contribution is -2.43. The van der Waals surface area contributed by atoms with Crippen molar-refractivity contribution in [2.45, 2.75) is 38.8 Å². The van der Waals surface area contributed by atoms with E-state index in [-0.39, 0.29) is 12.0 Å². The second kappa shape index (κ2) is 6.01. The molecule has 2 amide bonds. The smallest absolute Gasteiger partial charge is 0.328 e. The molecular formula is C12H17N3O3S. The predicted octanol–water partition coefficient (Wildman–Crippen LogP) is 1.38. The van der Waals surface area contributed by atoms with Crippen LogP contribution in [0.4, 0.5) is 4.79 Å². The number of esters is 1. The van der Waals surface area contributed by atoms with Crippen molar-refractivity contribution in [1.29, 1.82) is 0 Å². The molecule has 1 aliphatic heterocycles. The van der Waals surface area contributed by atoms with E-state index in [4.69, 9.17) is 4.74 Å². The first-order valence-electron chi connectivity index (χ1n) is 6.21. The van der Waals surface area contributed by atoms with Gasteiger partial charge >= 0.3 is 12.0 Å². The number of nitrogens with one attached hydrogen (secondary N) is 2. The van der Waals surface area contributed by atoms with Gasteiger partial charge in [0.25, 0.3) is 0 Å². The zero-order valence-electron chi connectivity index (χ0n) is 10.9. The van der Waals surface area contributed by atoms with E-state index in [1.807, 2.05) is 5.38 Å². The summed E-state index contributed by atoms with van der Waals surface area (Å²) in [7, 11) is 0. The van der Waals surface area contributed by atoms with Crippen molar-refractivity contribution in [2.24, 2.45) is 0 Å². The van der Waals surface area contributed by atoms with Crippen LogP contribution in [0.15, 0.2) is 5.38 Å². The normalized spacial score (nSPS) is 18.5. The number of carbonyl (C=O) groups is 2. The number of amides is 2. The number of hydrogen-bond acceptors (Lipinski definition) is 5. The number of cyclic esters (lactones) is 1. The molecule has 0 aliphatic carbocycles. The van der Waals surface area contributed by atoms with Gasteiger partial charge in [-0.2, -0.15) is 0 Å². The number of hydrogen-bond donors (Lipinski definition) is 2. The summed E-state index contributed by atoms with van der Waals surface area (Å²) in [5.41, 5.74) is 0.831. The lowest BCUT2D eigenvalue weighted by atomic mass is 10.2. The minimum absolute atomic E-state index is 0.358. The average molecular weight is 283 g/mol. The number of nitrogens with zero attached hydrogens (tertiary/aromatic N) is 1. The van der Waals surface area contributed by atoms with Gasteiger partial charge in [0.1, 0.15) is 6.04 Å². The molecule has 1 fully saturated rings. The summed E-state index contributed by atoms with van der Waals surface area (Å²) in [5, 5.41) is 8.25. The first-order chi connectivity index (χ1) is 9.06. The van der Waals surface area contributed by atoms with Crippen molar-refractivity contribution >= 4 is 23.3 Å². The summed E-state index contributed by atoms with van der Waals surface area (Å²) in [6.45, 7) is 4.88. The number of thiazole rings is 1. The van der Waals surface area contributed by atoms with Crippen LogP contribution < -0.4 is 10.6 Å². The van der Waals surface area contributed by atoms with Gasteiger partial charge in [0.2, 0.25) is 0 Å². The molecule has 2 rings (SSSR count). The Balaban J connectivity index is 1.78. The molecule has 1 aromatic rings. The first-order valence-corrected chi connectivity index (χ1v) is 7.09. The molecule has 0 saturated carbocycles. The maximum Gasteiger partial charge on any atom is 0.328 e. The Labute approximate surface area is 115 Å². The molecule has 0 aromatic carbocycles. The van der Waals surface area contributed by atoms with Crippen LogP contribution in [0.5, 0.6) is 0 Å². The summed E-state index contributed by atoms with van der Waals surface area (Å²) in [6.07, 6.45) is 0.528. The molecule has 1 atom stereocenters. The molecule has 6 nitrogen and oxygen atoms in total. The molecule has 7 heteroatoms. The Bertz CT molecular complexity index is 473. The standard InChI is InChI=1S/C12H17N3O3S/c1-7(2)10-14-8(6-19-10)5-13-12(17)15-9-3-4-18-11(9)16/h6-7,9H,3-5H2,1-2H3,(H2,13,15,17). The van der Waals surface area contributed by atoms with E-state index in [0.717, 1.165) is 10.7 Å². The Morgan fingerprint density at radius 3 is 3.00 bits per heavy atom. The maximum absolute atomic E-state index is 11.6. The maximum atomic E-state index is 11.6. The summed E-state index contributed by atoms with van der Waals surface area (Å²) < 4.78 is 4.77. The summed E-state index contributed by atoms with van der Waals surface area (Å²) in [6, 6.07) is -0.899. The summed E-state index contributed by atoms with van der Waals surface area (Å²) >= 11 is 1.59. The van der Waals surface area contributed by atoms with E-state index < -0.39 is 6.04 Å². The van der Waals surface area contributed by atoms with Crippen molar-refractivity contribution in [2.75, 3.05) is 6.61 Å². The minimum atomic E-state index is -0.526. The zero-order chi connectivity index (χ0) is 13.8. The predicted molar refractivity (Wildman–Crippen MR) is 70.9 cm³/mol. The molecule has 0 bridgehead atoms. The molecular weight excluding hydrogens is 266 g/mol. The highest BCUT2D eigenvalue weighted by atomic mass is 32.1. The fourth-order valence-electron chi connectivity index (χ4n) is 1.68. The van der Waals surface area contributed by atoms with Gasteiger partial charge in [0.15, 0.2) is 0 Å². The van der Waals surface area contributed by atoms with E-state index in [2.05, 4.69) is 29.5 Å². The molecule has 1 saturated heterocycles. The SMILES string of the molecule is CC(C)c1nc(CNC(=O)NC2CCOC2=O)cs1. The van der Waals surface area contributed by atoms with E-state index in [0.29, 0.717) is 25.5 Å². The highest BCUT2D eigenvalue weighted by Gasteiger charge is 2.27. The third-order valence-corrected chi connectivity index (χ3v) is 3.93. The van der Waals surface area contributed by atoms with Gasteiger partial charge in [-0.25, -0.2) is 14.6 Å². The Hall–Kier alpha value is -1.63. The number of aromatic nitrogens is 1. The van der Waals surface area contributed by atoms with Crippen molar-refractivity contribution in [1.82, 2.24) is 15.6 Å². The van der Waals surface area contributed by atoms with Gasteiger partial charge in [0.05, 0.1) is 23.9 Å². The Morgan fingerprint density at radius 2 is 2.42 bits per heavy atom. The monoisotopic (exact) mass is 283 g/mol. The summed E-state index contributed by atoms with van der Waals surface area (Å²) in [5.74, 6) is 0.0201. The third kappa shape index (κ3) is 3.66. The van der Waals surface area contributed by atoms with E-state index in [1.54, 1.807) is 11.3 Å². The lowest BCUT2D eigenvalue weighted by molar-refractivity contribution is -0.139. The fourth-order valence-corrected chi connectivity index (χ4v) is 2.51. The summed E-state index contributed by atoms with van der Waals surface area (Å²) in [4.78, 5) is 27.2. The highest BCUT2D eigenvalue weighted by molar-refractivity contribution is 7.09. The van der Waals surface area contributed by atoms with E-state index in [9.17, 15) is 9.59 Å². The van der Waals surface area contributed by atoms with Crippen LogP contribution in [-0.2, 0) is 16.1 Å². The van der Waals surface area contributed by atoms with Crippen LogP contribution >= 0.6 is 11.3 Å². The minimum Gasteiger partial charge on any atom is -0.464 e. The van der Waals surface area contributed by atoms with Gasteiger partial charge in [-0.3, -0.25) is 0 Å². The number of rotatable bonds is 4. The third-order valence-electron chi connectivity index (χ3n) is 2.73. The number of carbonyl (C=O) groups excluding carboxylic acids is 2. The van der Waals surface area contributed by atoms with Crippen LogP contribution in [0, 0.1) is 0 Å². The van der Waals surface area contributed by atoms with Gasteiger partial charge in [-0.1, -0.05) is 13.8 Å². The van der Waals surface area contributed by atoms with E-state index in [1.165, 1.54) is 0 Å². The van der Waals surface area contributed by atoms with Gasteiger partial charge in [-0.15, -0.1) is 11.3 Å². The second-order valence-electron chi connectivity index (χ2n) is 4.67. The van der Waals surface area contributed by atoms with Crippen molar-refractivity contribution in [3.8, 4) is 0 Å². The number of ether oxygens (including phenoxy) is 1. The Kier molecular flexibility index (Phi) is 4.36. The highest BCUT2D eigenvalue weighted by Crippen LogP contribution is 2.18. The first kappa shape index (κ1) is 13.8. The van der Waals surface area contributed by atoms with Crippen LogP contribution in [-0.4, -0.2) is 29.6 Å². The lowest BCUT2D eigenvalue weighted by Gasteiger charge is -2.09. The Morgan fingerprint density at radius 1 is 1.63 bits per heavy atom. The second-order valence-corrected chi connectivity index (χ2v) is 5.56. The van der Waals surface area contributed by atoms with E-state index >= 15 is 0 Å². The quantitative estimate of drug-likeness (QED) is 0.818. The molecule has 104 valence electrons. The molecule has 0 radical (unpaired) electrons. The molecule has 1 aromatic heterocycles. The van der Waals surface area contributed by atoms with Gasteiger partial charge in [-0.05, 0) is 0 Å². The molecule has 2 heterocycles. The molecule has 1 aliphatic rings. The number of urea groups is 1. The molecule has 1 unspecified atom stereocenters. The van der Waals surface area contributed by atoms with Crippen LogP contribution in [0.1, 0.15) is 36.9 Å². The zero-order valence-corrected chi connectivity index (χ0v) is 11.8. The van der Waals surface area contributed by atoms with Crippen LogP contribution in [0.3, 0.4) is 0 Å². The fraction of sp³-hybridized carbons (Fsp3) is 0.583. The van der Waals surface area contributed by atoms with Crippen LogP contribution in [0.2, 0.25) is 0 Å². The van der Waals surface area contributed by atoms with Gasteiger partial charge < -0.3 is 15.4 Å². The van der Waals surface area contributed by atoms with Crippen molar-refractivity contribution in [3.05, 3.63) is 16.1 Å². The molecule has 19 heavy (non-hydrogen) atoms. The molecule has 2 N–H and O–H groups in total. The molecule has 0 spiro atoms. The topological polar surface area (TPSA) is 80.3 Å². The van der Waals surface area contributed by atoms with Gasteiger partial charge in [0, 0.05) is 17.7 Å². The van der Waals surface area contributed by atoms with Crippen molar-refractivity contribution in [3.63, 3.8) is 0 Å². The average Bonchev–Trinajstić information content (AvgIpc) is 2.97. The largest absolute Gasteiger partial charge is 0.464 e. The van der Waals surface area contributed by atoms with Crippen molar-refractivity contribution < 1.29 is 14.3 Å².